The predicted molar refractivity (Wildman–Crippen MR) is 304 cm³/mol. The lowest BCUT2D eigenvalue weighted by Crippen LogP contribution is -2.60. The molecule has 81 heavy (non-hydrogen) atoms. The number of carbonyl (C=O) groups is 9. The number of likely N-dealkylation sites (tertiary alicyclic amines) is 1. The van der Waals surface area contributed by atoms with Gasteiger partial charge in [-0.25, -0.2) is 4.79 Å². The highest BCUT2D eigenvalue weighted by molar-refractivity contribution is 6.00. The van der Waals surface area contributed by atoms with Crippen LogP contribution in [0.25, 0.3) is 0 Å². The Morgan fingerprint density at radius 3 is 1.88 bits per heavy atom. The quantitative estimate of drug-likeness (QED) is 0.0535. The van der Waals surface area contributed by atoms with Gasteiger partial charge in [0, 0.05) is 40.5 Å². The third kappa shape index (κ3) is 19.5. The molecule has 0 aliphatic carbocycles. The number of anilines is 1. The average Bonchev–Trinajstić information content (AvgIpc) is 3.92. The minimum Gasteiger partial charge on any atom is -0.481 e. The lowest BCUT2D eigenvalue weighted by Gasteiger charge is -2.41. The van der Waals surface area contributed by atoms with Gasteiger partial charge in [0.25, 0.3) is 0 Å². The van der Waals surface area contributed by atoms with Crippen LogP contribution in [0.2, 0.25) is 0 Å². The van der Waals surface area contributed by atoms with Crippen molar-refractivity contribution in [2.24, 2.45) is 23.7 Å². The predicted octanol–water partition coefficient (Wildman–Crippen LogP) is 3.59. The number of aliphatic hydroxyl groups excluding tert-OH is 1. The van der Waals surface area contributed by atoms with Crippen LogP contribution in [0.15, 0.2) is 54.6 Å². The summed E-state index contributed by atoms with van der Waals surface area (Å²) in [6, 6.07) is 8.19. The minimum absolute atomic E-state index is 0.0880. The van der Waals surface area contributed by atoms with E-state index >= 15 is 0 Å². The van der Waals surface area contributed by atoms with Gasteiger partial charge in [0.2, 0.25) is 41.4 Å². The maximum Gasteiger partial charge on any atom is 0.410 e. The van der Waals surface area contributed by atoms with Crippen LogP contribution < -0.4 is 31.9 Å². The summed E-state index contributed by atoms with van der Waals surface area (Å²) in [6.07, 6.45) is -2.13. The highest BCUT2D eigenvalue weighted by Gasteiger charge is 2.44. The molecule has 2 aromatic rings. The van der Waals surface area contributed by atoms with Crippen molar-refractivity contribution in [1.29, 1.82) is 0 Å². The second-order valence-electron chi connectivity index (χ2n) is 21.9. The molecule has 0 unspecified atom stereocenters. The highest BCUT2D eigenvalue weighted by Crippen LogP contribution is 2.30. The van der Waals surface area contributed by atoms with E-state index in [1.165, 1.54) is 40.3 Å². The van der Waals surface area contributed by atoms with Gasteiger partial charge in [-0.1, -0.05) is 97.4 Å². The molecule has 1 heterocycles. The van der Waals surface area contributed by atoms with E-state index in [-0.39, 0.29) is 36.4 Å². The molecule has 2 aromatic carbocycles. The average molecular weight is 1140 g/mol. The van der Waals surface area contributed by atoms with E-state index in [1.54, 1.807) is 96.6 Å². The number of benzene rings is 2. The third-order valence-electron chi connectivity index (χ3n) is 15.3. The van der Waals surface area contributed by atoms with Crippen LogP contribution in [0.1, 0.15) is 119 Å². The van der Waals surface area contributed by atoms with Crippen molar-refractivity contribution < 1.29 is 67.6 Å². The van der Waals surface area contributed by atoms with Crippen molar-refractivity contribution in [3.8, 4) is 0 Å². The number of carboxylic acid groups (broad SMARTS) is 1. The fraction of sp³-hybridized carbons (Fsp3) is 0.638. The molecule has 8 N–H and O–H groups in total. The number of rotatable bonds is 31. The van der Waals surface area contributed by atoms with Crippen molar-refractivity contribution in [3.63, 3.8) is 0 Å². The zero-order valence-corrected chi connectivity index (χ0v) is 49.9. The Bertz CT molecular complexity index is 2410. The Labute approximate surface area is 477 Å². The molecule has 0 aromatic heterocycles. The van der Waals surface area contributed by atoms with Crippen molar-refractivity contribution in [3.05, 3.63) is 65.7 Å². The van der Waals surface area contributed by atoms with Gasteiger partial charge in [-0.15, -0.1) is 0 Å². The number of likely N-dealkylation sites (N-methyl/N-ethyl adjacent to an activating group) is 3. The normalized spacial score (nSPS) is 17.8. The fourth-order valence-electron chi connectivity index (χ4n) is 10.1. The van der Waals surface area contributed by atoms with Crippen molar-refractivity contribution >= 4 is 59.1 Å². The number of nitrogens with zero attached hydrogens (tertiary/aromatic N) is 3. The van der Waals surface area contributed by atoms with E-state index in [2.05, 4.69) is 31.9 Å². The monoisotopic (exact) mass is 1140 g/mol. The summed E-state index contributed by atoms with van der Waals surface area (Å²) in [6.45, 7) is 17.7. The smallest absolute Gasteiger partial charge is 0.410 e. The van der Waals surface area contributed by atoms with Crippen LogP contribution in [0, 0.1) is 23.7 Å². The zero-order valence-electron chi connectivity index (χ0n) is 49.9. The Balaban J connectivity index is 1.69. The Kier molecular flexibility index (Phi) is 27.7. The number of nitrogens with one attached hydrogen (secondary N) is 6. The van der Waals surface area contributed by atoms with E-state index in [0.29, 0.717) is 36.9 Å². The van der Waals surface area contributed by atoms with Crippen LogP contribution in [0.3, 0.4) is 0 Å². The molecule has 452 valence electrons. The zero-order chi connectivity index (χ0) is 61.0. The van der Waals surface area contributed by atoms with Crippen molar-refractivity contribution in [2.75, 3.05) is 47.2 Å². The molecule has 13 atom stereocenters. The van der Waals surface area contributed by atoms with Crippen molar-refractivity contribution in [2.45, 2.75) is 175 Å². The molecule has 0 bridgehead atoms. The summed E-state index contributed by atoms with van der Waals surface area (Å²) in [7, 11) is 7.62. The van der Waals surface area contributed by atoms with Crippen LogP contribution in [0.5, 0.6) is 0 Å². The minimum atomic E-state index is -1.48. The number of hydrogen-bond donors (Lipinski definition) is 8. The number of aliphatic carboxylic acids is 1. The number of carbonyl (C=O) groups excluding carboxylic acids is 8. The largest absolute Gasteiger partial charge is 0.481 e. The Morgan fingerprint density at radius 1 is 0.716 bits per heavy atom. The summed E-state index contributed by atoms with van der Waals surface area (Å²) in [4.78, 5) is 125. The number of methoxy groups -OCH3 is 2. The molecular weight excluding hydrogens is 1050 g/mol. The third-order valence-corrected chi connectivity index (χ3v) is 15.3. The molecule has 1 fully saturated rings. The van der Waals surface area contributed by atoms with Gasteiger partial charge in [-0.05, 0) is 81.7 Å². The summed E-state index contributed by atoms with van der Waals surface area (Å²) < 4.78 is 17.6. The summed E-state index contributed by atoms with van der Waals surface area (Å²) in [5, 5.41) is 36.4. The van der Waals surface area contributed by atoms with Crippen LogP contribution in [-0.2, 0) is 59.2 Å². The number of carboxylic acids is 1. The van der Waals surface area contributed by atoms with E-state index in [9.17, 15) is 53.4 Å². The first-order valence-electron chi connectivity index (χ1n) is 27.9. The van der Waals surface area contributed by atoms with Gasteiger partial charge in [-0.3, -0.25) is 43.3 Å². The van der Waals surface area contributed by atoms with E-state index < -0.39 is 132 Å². The lowest BCUT2D eigenvalue weighted by atomic mass is 9.89. The first-order chi connectivity index (χ1) is 38.1. The molecule has 1 aliphatic heterocycles. The SMILES string of the molecule is CC[C@H](C)[C@@H]([C@@H](CC(=O)N1CCC[C@H]1[C@H](OC)[C@@H](C)C(=O)N[C@H](C)[C@@H](O)c1ccccc1)OC)N(C)C(=O)[C@@H](NC(=O)[C@H](C(C)C)N(C)C(=O)OCc1ccc(NC(=O)[C@H](CC(=O)O)NC(=O)[C@H](C)NC(=O)[C@@H](C)NC)cc1)C(C)C. The summed E-state index contributed by atoms with van der Waals surface area (Å²) in [5.41, 5.74) is 1.41. The van der Waals surface area contributed by atoms with Gasteiger partial charge in [0.1, 0.15) is 30.8 Å². The number of aliphatic hydroxyl groups is 1. The fourth-order valence-corrected chi connectivity index (χ4v) is 10.1. The van der Waals surface area contributed by atoms with E-state index in [4.69, 9.17) is 14.2 Å². The van der Waals surface area contributed by atoms with E-state index in [0.717, 1.165) is 4.90 Å². The van der Waals surface area contributed by atoms with Crippen molar-refractivity contribution in [1.82, 2.24) is 41.3 Å². The van der Waals surface area contributed by atoms with Gasteiger partial charge in [-0.2, -0.15) is 0 Å². The lowest BCUT2D eigenvalue weighted by molar-refractivity contribution is -0.148. The maximum absolute atomic E-state index is 14.7. The Morgan fingerprint density at radius 2 is 1.33 bits per heavy atom. The number of hydrogen-bond acceptors (Lipinski definition) is 14. The molecule has 1 saturated heterocycles. The van der Waals surface area contributed by atoms with Crippen LogP contribution in [0.4, 0.5) is 10.5 Å². The first kappa shape index (κ1) is 68.6. The van der Waals surface area contributed by atoms with E-state index in [1.807, 2.05) is 32.0 Å². The molecule has 1 aliphatic rings. The van der Waals surface area contributed by atoms with Gasteiger partial charge in [0.05, 0.1) is 61.2 Å². The standard InChI is InChI=1S/C58H91N9O14/c1-16-34(6)49(44(79-14)30-45(68)67-28-20-23-43(67)51(80-15)35(7)52(72)60-36(8)50(71)40-21-18-17-19-22-40)65(12)57(77)47(32(2)3)64-56(76)48(33(4)5)66(13)58(78)81-31-39-24-26-41(27-25-39)62-55(75)42(29-46(69)70)63-54(74)38(10)61-53(73)37(9)59-11/h17-19,21-22,24-27,32-38,42-44,47-51,59,71H,16,20,23,28-31H2,1-15H3,(H,60,72)(H,61,73)(H,62,75)(H,63,74)(H,64,76)(H,69,70)/t34-,35+,36+,37+,38-,42-,43-,44+,47-,48-,49-,50+,51+/m0/s1. The topological polar surface area (TPSA) is 304 Å². The highest BCUT2D eigenvalue weighted by atomic mass is 16.6. The molecule has 0 radical (unpaired) electrons. The summed E-state index contributed by atoms with van der Waals surface area (Å²) in [5.74, 6) is -6.69. The molecular formula is C58H91N9O14. The number of amides is 8. The maximum atomic E-state index is 14.7. The van der Waals surface area contributed by atoms with Crippen LogP contribution in [-0.4, -0.2) is 181 Å². The van der Waals surface area contributed by atoms with Crippen LogP contribution >= 0.6 is 0 Å². The molecule has 0 spiro atoms. The number of ether oxygens (including phenoxy) is 3. The second-order valence-corrected chi connectivity index (χ2v) is 21.9. The van der Waals surface area contributed by atoms with Gasteiger partial charge < -0.3 is 66.1 Å². The molecule has 23 nitrogen and oxygen atoms in total. The molecule has 3 rings (SSSR count). The molecule has 0 saturated carbocycles. The molecule has 8 amide bonds. The molecule has 23 heteroatoms. The van der Waals surface area contributed by atoms with Gasteiger partial charge >= 0.3 is 12.1 Å². The van der Waals surface area contributed by atoms with Gasteiger partial charge in [0.15, 0.2) is 0 Å². The summed E-state index contributed by atoms with van der Waals surface area (Å²) >= 11 is 0. The second kappa shape index (κ2) is 32.7. The Hall–Kier alpha value is -6.69. The first-order valence-corrected chi connectivity index (χ1v) is 27.9.